The minimum atomic E-state index is -3.91. The lowest BCUT2D eigenvalue weighted by atomic mass is 10.1. The number of nitrogens with two attached hydrogens (primary N) is 1. The molecule has 0 amide bonds. The fraction of sp³-hybridized carbons (Fsp3) is 0.400. The SMILES string of the molecule is Cc1ccc(C(=O)OCc2nc(CC(C)C)no2)cc1S(N)(=O)=O. The van der Waals surface area contributed by atoms with Crippen LogP contribution in [0.3, 0.4) is 0 Å². The Labute approximate surface area is 140 Å². The first-order valence-corrected chi connectivity index (χ1v) is 8.83. The van der Waals surface area contributed by atoms with Crippen LogP contribution in [0, 0.1) is 12.8 Å². The second-order valence-corrected chi connectivity index (χ2v) is 7.33. The van der Waals surface area contributed by atoms with Gasteiger partial charge < -0.3 is 9.26 Å². The number of aryl methyl sites for hydroxylation is 1. The second kappa shape index (κ2) is 7.10. The minimum absolute atomic E-state index is 0.0755. The number of carbonyl (C=O) groups excluding carboxylic acids is 1. The lowest BCUT2D eigenvalue weighted by Crippen LogP contribution is -2.15. The Kier molecular flexibility index (Phi) is 5.35. The van der Waals surface area contributed by atoms with Crippen molar-refractivity contribution in [2.24, 2.45) is 11.1 Å². The van der Waals surface area contributed by atoms with Crippen LogP contribution in [-0.4, -0.2) is 24.5 Å². The highest BCUT2D eigenvalue weighted by atomic mass is 32.2. The van der Waals surface area contributed by atoms with Gasteiger partial charge in [-0.15, -0.1) is 0 Å². The van der Waals surface area contributed by atoms with Gasteiger partial charge in [0.25, 0.3) is 5.89 Å². The lowest BCUT2D eigenvalue weighted by Gasteiger charge is -2.06. The highest BCUT2D eigenvalue weighted by Gasteiger charge is 2.17. The Hall–Kier alpha value is -2.26. The lowest BCUT2D eigenvalue weighted by molar-refractivity contribution is 0.0429. The van der Waals surface area contributed by atoms with Gasteiger partial charge in [-0.3, -0.25) is 0 Å². The van der Waals surface area contributed by atoms with E-state index in [1.54, 1.807) is 6.92 Å². The van der Waals surface area contributed by atoms with E-state index in [0.29, 0.717) is 23.7 Å². The number of benzene rings is 1. The monoisotopic (exact) mass is 353 g/mol. The molecule has 24 heavy (non-hydrogen) atoms. The summed E-state index contributed by atoms with van der Waals surface area (Å²) in [4.78, 5) is 16.0. The molecule has 0 radical (unpaired) electrons. The van der Waals surface area contributed by atoms with Crippen molar-refractivity contribution in [2.45, 2.75) is 38.7 Å². The molecule has 0 aliphatic heterocycles. The smallest absolute Gasteiger partial charge is 0.338 e. The quantitative estimate of drug-likeness (QED) is 0.781. The number of carbonyl (C=O) groups is 1. The first kappa shape index (κ1) is 18.1. The van der Waals surface area contributed by atoms with Gasteiger partial charge >= 0.3 is 5.97 Å². The maximum atomic E-state index is 12.0. The van der Waals surface area contributed by atoms with Gasteiger partial charge in [0.2, 0.25) is 10.0 Å². The van der Waals surface area contributed by atoms with E-state index in [-0.39, 0.29) is 23.0 Å². The summed E-state index contributed by atoms with van der Waals surface area (Å²) in [6.45, 7) is 5.44. The van der Waals surface area contributed by atoms with Crippen molar-refractivity contribution in [1.29, 1.82) is 0 Å². The van der Waals surface area contributed by atoms with Crippen molar-refractivity contribution >= 4 is 16.0 Å². The van der Waals surface area contributed by atoms with E-state index < -0.39 is 16.0 Å². The van der Waals surface area contributed by atoms with Crippen LogP contribution in [0.5, 0.6) is 0 Å². The molecule has 2 aromatic rings. The fourth-order valence-electron chi connectivity index (χ4n) is 2.04. The number of esters is 1. The summed E-state index contributed by atoms with van der Waals surface area (Å²) < 4.78 is 33.0. The van der Waals surface area contributed by atoms with Crippen LogP contribution < -0.4 is 5.14 Å². The zero-order valence-electron chi connectivity index (χ0n) is 13.6. The largest absolute Gasteiger partial charge is 0.452 e. The van der Waals surface area contributed by atoms with Gasteiger partial charge in [-0.2, -0.15) is 4.98 Å². The van der Waals surface area contributed by atoms with Crippen molar-refractivity contribution in [3.63, 3.8) is 0 Å². The van der Waals surface area contributed by atoms with Gasteiger partial charge in [0, 0.05) is 6.42 Å². The standard InChI is InChI=1S/C15H19N3O5S/c1-9(2)6-13-17-14(23-18-13)8-22-15(19)11-5-4-10(3)12(7-11)24(16,20)21/h4-5,7,9H,6,8H2,1-3H3,(H2,16,20,21). The third kappa shape index (κ3) is 4.62. The van der Waals surface area contributed by atoms with E-state index in [9.17, 15) is 13.2 Å². The number of primary sulfonamides is 1. The van der Waals surface area contributed by atoms with Crippen molar-refractivity contribution in [3.05, 3.63) is 41.0 Å². The molecule has 0 saturated heterocycles. The Morgan fingerprint density at radius 2 is 2.08 bits per heavy atom. The Balaban J connectivity index is 2.06. The third-order valence-corrected chi connectivity index (χ3v) is 4.21. The molecule has 0 fully saturated rings. The van der Waals surface area contributed by atoms with Gasteiger partial charge in [0.1, 0.15) is 0 Å². The van der Waals surface area contributed by atoms with Crippen LogP contribution in [0.25, 0.3) is 0 Å². The molecule has 2 rings (SSSR count). The van der Waals surface area contributed by atoms with Crippen LogP contribution in [0.4, 0.5) is 0 Å². The molecular formula is C15H19N3O5S. The average molecular weight is 353 g/mol. The van der Waals surface area contributed by atoms with Crippen LogP contribution >= 0.6 is 0 Å². The van der Waals surface area contributed by atoms with E-state index in [1.807, 2.05) is 13.8 Å². The first-order chi connectivity index (χ1) is 11.2. The number of rotatable bonds is 6. The Morgan fingerprint density at radius 3 is 2.71 bits per heavy atom. The molecule has 0 spiro atoms. The van der Waals surface area contributed by atoms with Gasteiger partial charge in [-0.25, -0.2) is 18.4 Å². The molecule has 0 atom stereocenters. The van der Waals surface area contributed by atoms with E-state index in [1.165, 1.54) is 18.2 Å². The van der Waals surface area contributed by atoms with Gasteiger partial charge in [0.05, 0.1) is 10.5 Å². The molecule has 0 bridgehead atoms. The zero-order valence-corrected chi connectivity index (χ0v) is 14.5. The summed E-state index contributed by atoms with van der Waals surface area (Å²) in [5.41, 5.74) is 0.524. The van der Waals surface area contributed by atoms with Crippen molar-refractivity contribution in [3.8, 4) is 0 Å². The topological polar surface area (TPSA) is 125 Å². The molecule has 1 aromatic heterocycles. The molecule has 130 valence electrons. The number of sulfonamides is 1. The van der Waals surface area contributed by atoms with Crippen LogP contribution in [-0.2, 0) is 27.8 Å². The number of nitrogens with zero attached hydrogens (tertiary/aromatic N) is 2. The summed E-state index contributed by atoms with van der Waals surface area (Å²) in [5, 5.41) is 8.91. The maximum Gasteiger partial charge on any atom is 0.338 e. The number of hydrogen-bond donors (Lipinski definition) is 1. The van der Waals surface area contributed by atoms with E-state index in [2.05, 4.69) is 10.1 Å². The van der Waals surface area contributed by atoms with Crippen molar-refractivity contribution < 1.29 is 22.5 Å². The minimum Gasteiger partial charge on any atom is -0.452 e. The summed E-state index contributed by atoms with van der Waals surface area (Å²) in [7, 11) is -3.91. The molecule has 9 heteroatoms. The highest BCUT2D eigenvalue weighted by Crippen LogP contribution is 2.17. The Morgan fingerprint density at radius 1 is 1.38 bits per heavy atom. The molecule has 2 N–H and O–H groups in total. The van der Waals surface area contributed by atoms with Crippen LogP contribution in [0.15, 0.2) is 27.6 Å². The number of ether oxygens (including phenoxy) is 1. The van der Waals surface area contributed by atoms with Gasteiger partial charge in [-0.05, 0) is 30.5 Å². The molecule has 0 aliphatic rings. The van der Waals surface area contributed by atoms with Gasteiger partial charge in [-0.1, -0.05) is 25.1 Å². The van der Waals surface area contributed by atoms with E-state index in [0.717, 1.165) is 0 Å². The zero-order chi connectivity index (χ0) is 17.9. The van der Waals surface area contributed by atoms with Crippen molar-refractivity contribution in [1.82, 2.24) is 10.1 Å². The molecule has 0 aliphatic carbocycles. The first-order valence-electron chi connectivity index (χ1n) is 7.29. The number of aromatic nitrogens is 2. The third-order valence-electron chi connectivity index (χ3n) is 3.16. The highest BCUT2D eigenvalue weighted by molar-refractivity contribution is 7.89. The maximum absolute atomic E-state index is 12.0. The summed E-state index contributed by atoms with van der Waals surface area (Å²) in [5.74, 6) is 0.395. The predicted octanol–water partition coefficient (Wildman–Crippen LogP) is 1.58. The molecule has 1 aromatic carbocycles. The van der Waals surface area contributed by atoms with Crippen molar-refractivity contribution in [2.75, 3.05) is 0 Å². The Bertz CT molecular complexity index is 843. The predicted molar refractivity (Wildman–Crippen MR) is 84.5 cm³/mol. The number of hydrogen-bond acceptors (Lipinski definition) is 7. The molecule has 8 nitrogen and oxygen atoms in total. The normalized spacial score (nSPS) is 11.7. The van der Waals surface area contributed by atoms with Crippen LogP contribution in [0.2, 0.25) is 0 Å². The summed E-state index contributed by atoms with van der Waals surface area (Å²) in [6.07, 6.45) is 0.660. The molecule has 1 heterocycles. The molecule has 0 unspecified atom stereocenters. The summed E-state index contributed by atoms with van der Waals surface area (Å²) in [6, 6.07) is 4.14. The average Bonchev–Trinajstić information content (AvgIpc) is 2.90. The molecular weight excluding hydrogens is 334 g/mol. The van der Waals surface area contributed by atoms with Gasteiger partial charge in [0.15, 0.2) is 12.4 Å². The molecule has 0 saturated carbocycles. The summed E-state index contributed by atoms with van der Waals surface area (Å²) >= 11 is 0. The van der Waals surface area contributed by atoms with E-state index >= 15 is 0 Å². The fourth-order valence-corrected chi connectivity index (χ4v) is 2.85. The van der Waals surface area contributed by atoms with Crippen LogP contribution in [0.1, 0.15) is 41.5 Å². The van der Waals surface area contributed by atoms with E-state index in [4.69, 9.17) is 14.4 Å². The second-order valence-electron chi connectivity index (χ2n) is 5.80.